The number of nitro groups is 1. The fraction of sp³-hybridized carbons (Fsp3) is 0.143. The van der Waals surface area contributed by atoms with Gasteiger partial charge in [-0.15, -0.1) is 0 Å². The molecule has 2 heterocycles. The number of aryl methyl sites for hydroxylation is 1. The summed E-state index contributed by atoms with van der Waals surface area (Å²) in [6.07, 6.45) is 1.80. The molecule has 0 saturated carbocycles. The first-order valence-corrected chi connectivity index (χ1v) is 6.16. The van der Waals surface area contributed by atoms with E-state index in [1.165, 1.54) is 12.1 Å². The lowest BCUT2D eigenvalue weighted by atomic mass is 10.2. The van der Waals surface area contributed by atoms with Gasteiger partial charge < -0.3 is 0 Å². The minimum atomic E-state index is -0.404. The van der Waals surface area contributed by atoms with Gasteiger partial charge in [0.15, 0.2) is 0 Å². The Bertz CT molecular complexity index is 795. The van der Waals surface area contributed by atoms with Crippen molar-refractivity contribution in [1.82, 2.24) is 14.8 Å². The summed E-state index contributed by atoms with van der Waals surface area (Å²) >= 11 is 0. The van der Waals surface area contributed by atoms with Crippen molar-refractivity contribution in [3.8, 4) is 0 Å². The average Bonchev–Trinajstić information content (AvgIpc) is 2.79. The van der Waals surface area contributed by atoms with Gasteiger partial charge >= 0.3 is 0 Å². The normalized spacial score (nSPS) is 10.8. The molecule has 2 aromatic heterocycles. The van der Waals surface area contributed by atoms with Crippen molar-refractivity contribution < 1.29 is 4.92 Å². The smallest absolute Gasteiger partial charge is 0.266 e. The van der Waals surface area contributed by atoms with Crippen LogP contribution in [0.25, 0.3) is 10.9 Å². The van der Waals surface area contributed by atoms with Gasteiger partial charge in [-0.05, 0) is 25.1 Å². The molecule has 0 saturated heterocycles. The van der Waals surface area contributed by atoms with Crippen molar-refractivity contribution in [3.63, 3.8) is 0 Å². The lowest BCUT2D eigenvalue weighted by Crippen LogP contribution is -2.02. The van der Waals surface area contributed by atoms with Gasteiger partial charge in [-0.3, -0.25) is 19.8 Å². The van der Waals surface area contributed by atoms with Crippen LogP contribution in [0.1, 0.15) is 11.4 Å². The Morgan fingerprint density at radius 1 is 1.30 bits per heavy atom. The molecule has 1 aromatic carbocycles. The summed E-state index contributed by atoms with van der Waals surface area (Å²) in [5.74, 6) is 0. The zero-order valence-corrected chi connectivity index (χ0v) is 10.9. The molecule has 100 valence electrons. The van der Waals surface area contributed by atoms with Crippen molar-refractivity contribution in [2.75, 3.05) is 0 Å². The first-order valence-electron chi connectivity index (χ1n) is 6.16. The Balaban J connectivity index is 1.95. The second-order valence-electron chi connectivity index (χ2n) is 4.60. The highest BCUT2D eigenvalue weighted by Crippen LogP contribution is 2.19. The van der Waals surface area contributed by atoms with Gasteiger partial charge in [0.2, 0.25) is 0 Å². The predicted molar refractivity (Wildman–Crippen MR) is 74.5 cm³/mol. The van der Waals surface area contributed by atoms with Crippen LogP contribution >= 0.6 is 0 Å². The number of aromatic nitrogens is 3. The standard InChI is InChI=1S/C14H12N4O2/c1-10-3-2-4-12(15-10)9-17-8-11-7-13(18(19)20)5-6-14(11)16-17/h2-8H,9H2,1H3. The molecule has 0 fully saturated rings. The van der Waals surface area contributed by atoms with Crippen molar-refractivity contribution >= 4 is 16.6 Å². The van der Waals surface area contributed by atoms with Crippen LogP contribution in [0.2, 0.25) is 0 Å². The number of pyridine rings is 1. The molecule has 0 aliphatic rings. The van der Waals surface area contributed by atoms with Crippen LogP contribution in [0.4, 0.5) is 5.69 Å². The van der Waals surface area contributed by atoms with Gasteiger partial charge in [0.1, 0.15) is 0 Å². The number of hydrogen-bond acceptors (Lipinski definition) is 4. The van der Waals surface area contributed by atoms with E-state index in [1.807, 2.05) is 25.1 Å². The molecule has 0 N–H and O–H groups in total. The Morgan fingerprint density at radius 3 is 2.90 bits per heavy atom. The van der Waals surface area contributed by atoms with E-state index in [4.69, 9.17) is 0 Å². The fourth-order valence-corrected chi connectivity index (χ4v) is 2.11. The van der Waals surface area contributed by atoms with Crippen molar-refractivity contribution in [1.29, 1.82) is 0 Å². The first kappa shape index (κ1) is 12.3. The molecule has 3 aromatic rings. The van der Waals surface area contributed by atoms with Gasteiger partial charge in [-0.1, -0.05) is 6.07 Å². The Morgan fingerprint density at radius 2 is 2.15 bits per heavy atom. The summed E-state index contributed by atoms with van der Waals surface area (Å²) in [4.78, 5) is 14.8. The zero-order chi connectivity index (χ0) is 14.1. The van der Waals surface area contributed by atoms with E-state index in [0.29, 0.717) is 6.54 Å². The molecule has 6 heteroatoms. The maximum atomic E-state index is 10.7. The summed E-state index contributed by atoms with van der Waals surface area (Å²) in [5, 5.41) is 15.9. The number of nitrogens with zero attached hydrogens (tertiary/aromatic N) is 4. The molecule has 3 rings (SSSR count). The summed E-state index contributed by atoms with van der Waals surface area (Å²) in [6, 6.07) is 10.5. The number of hydrogen-bond donors (Lipinski definition) is 0. The summed E-state index contributed by atoms with van der Waals surface area (Å²) in [5.41, 5.74) is 2.68. The van der Waals surface area contributed by atoms with E-state index >= 15 is 0 Å². The van der Waals surface area contributed by atoms with Crippen molar-refractivity contribution in [3.05, 3.63) is 64.1 Å². The minimum absolute atomic E-state index is 0.0748. The van der Waals surface area contributed by atoms with Gasteiger partial charge in [-0.2, -0.15) is 5.10 Å². The summed E-state index contributed by atoms with van der Waals surface area (Å²) in [7, 11) is 0. The van der Waals surface area contributed by atoms with Gasteiger partial charge in [0.05, 0.1) is 22.7 Å². The lowest BCUT2D eigenvalue weighted by Gasteiger charge is -2.01. The van der Waals surface area contributed by atoms with E-state index in [9.17, 15) is 10.1 Å². The van der Waals surface area contributed by atoms with Gasteiger partial charge in [0.25, 0.3) is 5.69 Å². The highest BCUT2D eigenvalue weighted by atomic mass is 16.6. The van der Waals surface area contributed by atoms with E-state index in [1.54, 1.807) is 16.9 Å². The van der Waals surface area contributed by atoms with Gasteiger partial charge in [0, 0.05) is 29.4 Å². The summed E-state index contributed by atoms with van der Waals surface area (Å²) < 4.78 is 1.75. The predicted octanol–water partition coefficient (Wildman–Crippen LogP) is 2.70. The van der Waals surface area contributed by atoms with E-state index < -0.39 is 4.92 Å². The molecular formula is C14H12N4O2. The number of rotatable bonds is 3. The number of nitro benzene ring substituents is 1. The Hall–Kier alpha value is -2.76. The third kappa shape index (κ3) is 2.35. The van der Waals surface area contributed by atoms with Gasteiger partial charge in [-0.25, -0.2) is 0 Å². The molecule has 0 spiro atoms. The Labute approximate surface area is 114 Å². The Kier molecular flexibility index (Phi) is 2.90. The zero-order valence-electron chi connectivity index (χ0n) is 10.9. The molecule has 0 amide bonds. The van der Waals surface area contributed by atoms with E-state index in [-0.39, 0.29) is 5.69 Å². The topological polar surface area (TPSA) is 73.8 Å². The van der Waals surface area contributed by atoms with Crippen LogP contribution < -0.4 is 0 Å². The van der Waals surface area contributed by atoms with E-state index in [2.05, 4.69) is 10.1 Å². The van der Waals surface area contributed by atoms with Crippen LogP contribution in [0.3, 0.4) is 0 Å². The van der Waals surface area contributed by atoms with Crippen LogP contribution in [-0.4, -0.2) is 19.7 Å². The molecule has 0 radical (unpaired) electrons. The number of fused-ring (bicyclic) bond motifs is 1. The average molecular weight is 268 g/mol. The molecule has 0 aliphatic heterocycles. The molecule has 0 aliphatic carbocycles. The largest absolute Gasteiger partial charge is 0.270 e. The minimum Gasteiger partial charge on any atom is -0.266 e. The maximum absolute atomic E-state index is 10.7. The maximum Gasteiger partial charge on any atom is 0.270 e. The molecular weight excluding hydrogens is 256 g/mol. The quantitative estimate of drug-likeness (QED) is 0.540. The van der Waals surface area contributed by atoms with Crippen LogP contribution in [-0.2, 0) is 6.54 Å². The van der Waals surface area contributed by atoms with E-state index in [0.717, 1.165) is 22.3 Å². The summed E-state index contributed by atoms with van der Waals surface area (Å²) in [6.45, 7) is 2.48. The van der Waals surface area contributed by atoms with Crippen LogP contribution in [0, 0.1) is 17.0 Å². The second kappa shape index (κ2) is 4.73. The molecule has 20 heavy (non-hydrogen) atoms. The van der Waals surface area contributed by atoms with Crippen molar-refractivity contribution in [2.45, 2.75) is 13.5 Å². The lowest BCUT2D eigenvalue weighted by molar-refractivity contribution is -0.384. The molecule has 0 unspecified atom stereocenters. The molecule has 0 bridgehead atoms. The third-order valence-corrected chi connectivity index (χ3v) is 3.02. The number of benzene rings is 1. The molecule has 6 nitrogen and oxygen atoms in total. The second-order valence-corrected chi connectivity index (χ2v) is 4.60. The van der Waals surface area contributed by atoms with Crippen LogP contribution in [0.15, 0.2) is 42.6 Å². The highest BCUT2D eigenvalue weighted by molar-refractivity contribution is 5.80. The third-order valence-electron chi connectivity index (χ3n) is 3.02. The van der Waals surface area contributed by atoms with Crippen molar-refractivity contribution in [2.24, 2.45) is 0 Å². The number of non-ortho nitro benzene ring substituents is 1. The van der Waals surface area contributed by atoms with Crippen LogP contribution in [0.5, 0.6) is 0 Å². The highest BCUT2D eigenvalue weighted by Gasteiger charge is 2.09. The SMILES string of the molecule is Cc1cccc(Cn2cc3cc([N+](=O)[O-])ccc3n2)n1. The first-order chi connectivity index (χ1) is 9.61. The monoisotopic (exact) mass is 268 g/mol. The molecule has 0 atom stereocenters. The fourth-order valence-electron chi connectivity index (χ4n) is 2.11.